The van der Waals surface area contributed by atoms with Gasteiger partial charge in [0, 0.05) is 18.2 Å². The lowest BCUT2D eigenvalue weighted by atomic mass is 9.98. The molecule has 0 spiro atoms. The molecule has 1 atom stereocenters. The van der Waals surface area contributed by atoms with E-state index in [9.17, 15) is 27.6 Å². The number of hydrogen-bond acceptors (Lipinski definition) is 5. The maximum absolute atomic E-state index is 14.0. The van der Waals surface area contributed by atoms with Gasteiger partial charge in [-0.25, -0.2) is 4.79 Å². The zero-order valence-electron chi connectivity index (χ0n) is 19.1. The maximum atomic E-state index is 14.0. The highest BCUT2D eigenvalue weighted by molar-refractivity contribution is 7.98. The van der Waals surface area contributed by atoms with E-state index in [2.05, 4.69) is 0 Å². The number of alkyl carbamates (subject to hydrolysis) is 1. The molecule has 0 heterocycles. The topological polar surface area (TPSA) is 95.9 Å². The number of alkyl halides is 3. The van der Waals surface area contributed by atoms with Crippen molar-refractivity contribution in [1.29, 1.82) is 0 Å². The van der Waals surface area contributed by atoms with Crippen LogP contribution in [0.3, 0.4) is 0 Å². The van der Waals surface area contributed by atoms with E-state index in [-0.39, 0.29) is 24.8 Å². The van der Waals surface area contributed by atoms with E-state index >= 15 is 0 Å². The monoisotopic (exact) mass is 510 g/mol. The highest BCUT2D eigenvalue weighted by Gasteiger charge is 2.59. The van der Waals surface area contributed by atoms with Gasteiger partial charge in [0.25, 0.3) is 5.91 Å². The Balaban J connectivity index is 1.78. The van der Waals surface area contributed by atoms with Crippen LogP contribution in [0, 0.1) is 0 Å². The van der Waals surface area contributed by atoms with Crippen LogP contribution in [-0.2, 0) is 14.3 Å². The van der Waals surface area contributed by atoms with Crippen LogP contribution < -0.4 is 5.32 Å². The first-order valence-corrected chi connectivity index (χ1v) is 12.1. The molecule has 11 heteroatoms. The fourth-order valence-corrected chi connectivity index (χ4v) is 4.42. The molecular formula is C24H25F3N2O5S. The fourth-order valence-electron chi connectivity index (χ4n) is 4.02. The summed E-state index contributed by atoms with van der Waals surface area (Å²) in [5, 5.41) is 10.7. The van der Waals surface area contributed by atoms with Crippen LogP contribution in [0.2, 0.25) is 0 Å². The first kappa shape index (κ1) is 26.4. The number of carboxylic acid groups (broad SMARTS) is 1. The molecule has 0 radical (unpaired) electrons. The van der Waals surface area contributed by atoms with Crippen molar-refractivity contribution in [1.82, 2.24) is 10.2 Å². The van der Waals surface area contributed by atoms with Crippen LogP contribution in [0.1, 0.15) is 24.0 Å². The molecule has 0 aliphatic heterocycles. The van der Waals surface area contributed by atoms with Gasteiger partial charge in [-0.05, 0) is 35.4 Å². The molecule has 1 aliphatic rings. The minimum absolute atomic E-state index is 0.220. The van der Waals surface area contributed by atoms with Crippen molar-refractivity contribution in [2.45, 2.75) is 24.6 Å². The largest absolute Gasteiger partial charge is 0.480 e. The smallest absolute Gasteiger partial charge is 0.420 e. The number of amides is 2. The lowest BCUT2D eigenvalue weighted by Crippen LogP contribution is -2.66. The van der Waals surface area contributed by atoms with Crippen molar-refractivity contribution in [3.05, 3.63) is 59.7 Å². The Bertz CT molecular complexity index is 1070. The Labute approximate surface area is 204 Å². The van der Waals surface area contributed by atoms with Crippen LogP contribution >= 0.6 is 11.8 Å². The number of nitrogens with zero attached hydrogens (tertiary/aromatic N) is 1. The molecule has 0 bridgehead atoms. The highest BCUT2D eigenvalue weighted by atomic mass is 32.2. The van der Waals surface area contributed by atoms with Crippen LogP contribution in [0.5, 0.6) is 0 Å². The van der Waals surface area contributed by atoms with Crippen molar-refractivity contribution in [3.8, 4) is 11.1 Å². The fraction of sp³-hybridized carbons (Fsp3) is 0.375. The van der Waals surface area contributed by atoms with Crippen LogP contribution in [0.25, 0.3) is 11.1 Å². The number of halogens is 3. The SMILES string of the molecule is CSCCN(CC(=O)O)C(=O)C(C)(NC(=O)OCC1c2ccccc2-c2ccccc21)C(F)(F)F. The first-order valence-electron chi connectivity index (χ1n) is 10.7. The van der Waals surface area contributed by atoms with Gasteiger partial charge in [-0.15, -0.1) is 0 Å². The van der Waals surface area contributed by atoms with E-state index in [1.165, 1.54) is 11.8 Å². The molecule has 2 aromatic rings. The minimum Gasteiger partial charge on any atom is -0.480 e. The van der Waals surface area contributed by atoms with Crippen LogP contribution in [0.4, 0.5) is 18.0 Å². The molecule has 2 N–H and O–H groups in total. The summed E-state index contributed by atoms with van der Waals surface area (Å²) in [5.41, 5.74) is 0.279. The van der Waals surface area contributed by atoms with Gasteiger partial charge in [-0.2, -0.15) is 24.9 Å². The second-order valence-electron chi connectivity index (χ2n) is 8.19. The molecule has 7 nitrogen and oxygen atoms in total. The number of carbonyl (C=O) groups is 3. The van der Waals surface area contributed by atoms with Gasteiger partial charge in [0.05, 0.1) is 0 Å². The number of nitrogens with one attached hydrogen (secondary N) is 1. The molecule has 1 aliphatic carbocycles. The summed E-state index contributed by atoms with van der Waals surface area (Å²) in [6, 6.07) is 14.9. The van der Waals surface area contributed by atoms with E-state index < -0.39 is 36.2 Å². The molecule has 3 rings (SSSR count). The number of fused-ring (bicyclic) bond motifs is 3. The third kappa shape index (κ3) is 5.55. The van der Waals surface area contributed by atoms with Gasteiger partial charge >= 0.3 is 18.2 Å². The van der Waals surface area contributed by atoms with Gasteiger partial charge in [0.1, 0.15) is 13.2 Å². The average Bonchev–Trinajstić information content (AvgIpc) is 3.12. The number of aliphatic carboxylic acids is 1. The number of carbonyl (C=O) groups excluding carboxylic acids is 2. The molecule has 2 aromatic carbocycles. The molecule has 0 saturated carbocycles. The quantitative estimate of drug-likeness (QED) is 0.527. The Morgan fingerprint density at radius 1 is 1.06 bits per heavy atom. The predicted molar refractivity (Wildman–Crippen MR) is 125 cm³/mol. The number of carboxylic acids is 1. The van der Waals surface area contributed by atoms with Crippen LogP contribution in [0.15, 0.2) is 48.5 Å². The van der Waals surface area contributed by atoms with Gasteiger partial charge in [-0.1, -0.05) is 48.5 Å². The van der Waals surface area contributed by atoms with Crippen LogP contribution in [-0.4, -0.2) is 71.4 Å². The summed E-state index contributed by atoms with van der Waals surface area (Å²) in [6.07, 6.45) is -4.97. The standard InChI is InChI=1S/C24H25F3N2O5S/c1-23(24(25,26)27,21(32)29(11-12-35-2)13-20(30)31)28-22(33)34-14-19-17-9-5-3-7-15(17)16-8-4-6-10-18(16)19/h3-10,19H,11-14H2,1-2H3,(H,28,33)(H,30,31). The Hall–Kier alpha value is -3.21. The van der Waals surface area contributed by atoms with Crippen molar-refractivity contribution >= 4 is 29.7 Å². The number of ether oxygens (including phenoxy) is 1. The van der Waals surface area contributed by atoms with Gasteiger partial charge in [0.15, 0.2) is 0 Å². The molecule has 0 fully saturated rings. The summed E-state index contributed by atoms with van der Waals surface area (Å²) >= 11 is 1.24. The second-order valence-corrected chi connectivity index (χ2v) is 9.17. The van der Waals surface area contributed by atoms with Crippen molar-refractivity contribution in [2.24, 2.45) is 0 Å². The van der Waals surface area contributed by atoms with Gasteiger partial charge in [-0.3, -0.25) is 14.9 Å². The molecule has 2 amide bonds. The average molecular weight is 511 g/mol. The molecule has 1 unspecified atom stereocenters. The van der Waals surface area contributed by atoms with E-state index in [0.29, 0.717) is 11.8 Å². The molecule has 188 valence electrons. The number of rotatable bonds is 9. The zero-order valence-corrected chi connectivity index (χ0v) is 19.9. The van der Waals surface area contributed by atoms with E-state index in [1.807, 2.05) is 48.5 Å². The van der Waals surface area contributed by atoms with Crippen molar-refractivity contribution in [2.75, 3.05) is 31.7 Å². The lowest BCUT2D eigenvalue weighted by molar-refractivity contribution is -0.200. The lowest BCUT2D eigenvalue weighted by Gasteiger charge is -2.35. The molecule has 35 heavy (non-hydrogen) atoms. The second kappa shape index (κ2) is 10.6. The number of benzene rings is 2. The minimum atomic E-state index is -5.20. The predicted octanol–water partition coefficient (Wildman–Crippen LogP) is 4.12. The number of thioether (sulfide) groups is 1. The Morgan fingerprint density at radius 2 is 1.60 bits per heavy atom. The molecule has 0 aromatic heterocycles. The van der Waals surface area contributed by atoms with Gasteiger partial charge < -0.3 is 14.7 Å². The first-order chi connectivity index (χ1) is 16.5. The third-order valence-corrected chi connectivity index (χ3v) is 6.46. The number of hydrogen-bond donors (Lipinski definition) is 2. The summed E-state index contributed by atoms with van der Waals surface area (Å²) in [4.78, 5) is 37.1. The van der Waals surface area contributed by atoms with Crippen molar-refractivity contribution in [3.63, 3.8) is 0 Å². The Kier molecular flexibility index (Phi) is 7.99. The van der Waals surface area contributed by atoms with E-state index in [0.717, 1.165) is 22.3 Å². The Morgan fingerprint density at radius 3 is 2.09 bits per heavy atom. The maximum Gasteiger partial charge on any atom is 0.420 e. The van der Waals surface area contributed by atoms with E-state index in [4.69, 9.17) is 9.84 Å². The normalized spacial score (nSPS) is 14.4. The zero-order chi connectivity index (χ0) is 25.8. The van der Waals surface area contributed by atoms with Crippen molar-refractivity contribution < 1.29 is 37.4 Å². The molecular weight excluding hydrogens is 485 g/mol. The van der Waals surface area contributed by atoms with Gasteiger partial charge in [0.2, 0.25) is 5.54 Å². The summed E-state index contributed by atoms with van der Waals surface area (Å²) in [7, 11) is 0. The molecule has 0 saturated heterocycles. The summed E-state index contributed by atoms with van der Waals surface area (Å²) < 4.78 is 47.2. The van der Waals surface area contributed by atoms with E-state index in [1.54, 1.807) is 11.6 Å². The summed E-state index contributed by atoms with van der Waals surface area (Å²) in [6.45, 7) is -0.903. The summed E-state index contributed by atoms with van der Waals surface area (Å²) in [5.74, 6) is -3.20. The third-order valence-electron chi connectivity index (χ3n) is 5.87. The highest BCUT2D eigenvalue weighted by Crippen LogP contribution is 2.44.